The molecule has 1 fully saturated rings. The standard InChI is InChI=1S/C15H18FN5.ClH/c16-13-3-1-2-12(10-13)11-19-15-18-5-4-14(20-15)21-8-6-17-7-9-21;/h1-5,10,17H,6-9,11H2,(H,18,19,20);1H. The summed E-state index contributed by atoms with van der Waals surface area (Å²) in [5.74, 6) is 1.26. The summed E-state index contributed by atoms with van der Waals surface area (Å²) in [6.07, 6.45) is 1.75. The van der Waals surface area contributed by atoms with Crippen LogP contribution in [-0.2, 0) is 6.54 Å². The van der Waals surface area contributed by atoms with Gasteiger partial charge in [0, 0.05) is 38.9 Å². The van der Waals surface area contributed by atoms with Gasteiger partial charge in [0.05, 0.1) is 0 Å². The number of benzene rings is 1. The molecular weight excluding hydrogens is 305 g/mol. The fourth-order valence-electron chi connectivity index (χ4n) is 2.33. The van der Waals surface area contributed by atoms with Gasteiger partial charge in [0.1, 0.15) is 11.6 Å². The second-order valence-electron chi connectivity index (χ2n) is 4.96. The van der Waals surface area contributed by atoms with Gasteiger partial charge >= 0.3 is 0 Å². The Morgan fingerprint density at radius 1 is 1.23 bits per heavy atom. The maximum Gasteiger partial charge on any atom is 0.224 e. The summed E-state index contributed by atoms with van der Waals surface area (Å²) in [7, 11) is 0. The highest BCUT2D eigenvalue weighted by Crippen LogP contribution is 2.13. The lowest BCUT2D eigenvalue weighted by Crippen LogP contribution is -2.43. The van der Waals surface area contributed by atoms with Crippen LogP contribution in [0.4, 0.5) is 16.2 Å². The van der Waals surface area contributed by atoms with Gasteiger partial charge in [-0.1, -0.05) is 12.1 Å². The molecule has 0 atom stereocenters. The molecule has 2 aromatic rings. The Bertz CT molecular complexity index is 604. The molecule has 0 radical (unpaired) electrons. The van der Waals surface area contributed by atoms with Crippen molar-refractivity contribution in [1.29, 1.82) is 0 Å². The molecule has 5 nitrogen and oxygen atoms in total. The van der Waals surface area contributed by atoms with Crippen LogP contribution in [0.5, 0.6) is 0 Å². The van der Waals surface area contributed by atoms with E-state index in [4.69, 9.17) is 0 Å². The number of hydrogen-bond donors (Lipinski definition) is 2. The van der Waals surface area contributed by atoms with Gasteiger partial charge in [0.2, 0.25) is 5.95 Å². The van der Waals surface area contributed by atoms with Crippen LogP contribution in [0.15, 0.2) is 36.5 Å². The summed E-state index contributed by atoms with van der Waals surface area (Å²) < 4.78 is 13.1. The van der Waals surface area contributed by atoms with Crippen molar-refractivity contribution in [1.82, 2.24) is 15.3 Å². The molecule has 0 amide bonds. The first-order chi connectivity index (χ1) is 10.3. The molecule has 3 rings (SSSR count). The average Bonchev–Trinajstić information content (AvgIpc) is 2.54. The number of hydrogen-bond acceptors (Lipinski definition) is 5. The molecule has 7 heteroatoms. The van der Waals surface area contributed by atoms with Crippen LogP contribution in [0.2, 0.25) is 0 Å². The molecule has 0 aliphatic carbocycles. The van der Waals surface area contributed by atoms with Crippen molar-refractivity contribution in [3.05, 3.63) is 47.9 Å². The van der Waals surface area contributed by atoms with Gasteiger partial charge in [0.25, 0.3) is 0 Å². The number of piperazine rings is 1. The molecule has 118 valence electrons. The molecule has 2 heterocycles. The summed E-state index contributed by atoms with van der Waals surface area (Å²) in [6, 6.07) is 8.43. The highest BCUT2D eigenvalue weighted by molar-refractivity contribution is 5.85. The molecule has 1 aliphatic heterocycles. The molecule has 1 aromatic carbocycles. The Hall–Kier alpha value is -1.92. The van der Waals surface area contributed by atoms with Crippen LogP contribution in [0.25, 0.3) is 0 Å². The Morgan fingerprint density at radius 3 is 2.82 bits per heavy atom. The lowest BCUT2D eigenvalue weighted by Gasteiger charge is -2.28. The van der Waals surface area contributed by atoms with E-state index in [2.05, 4.69) is 25.5 Å². The van der Waals surface area contributed by atoms with E-state index in [1.165, 1.54) is 12.1 Å². The third-order valence-corrected chi connectivity index (χ3v) is 3.42. The normalized spacial score (nSPS) is 14.3. The minimum absolute atomic E-state index is 0. The van der Waals surface area contributed by atoms with Crippen molar-refractivity contribution < 1.29 is 4.39 Å². The van der Waals surface area contributed by atoms with E-state index in [9.17, 15) is 4.39 Å². The summed E-state index contributed by atoms with van der Waals surface area (Å²) in [4.78, 5) is 11.0. The quantitative estimate of drug-likeness (QED) is 0.902. The Kier molecular flexibility index (Phi) is 5.91. The van der Waals surface area contributed by atoms with Gasteiger partial charge in [0.15, 0.2) is 0 Å². The van der Waals surface area contributed by atoms with Gasteiger partial charge in [-0.25, -0.2) is 9.37 Å². The Morgan fingerprint density at radius 2 is 2.05 bits per heavy atom. The molecule has 0 spiro atoms. The number of nitrogens with zero attached hydrogens (tertiary/aromatic N) is 3. The zero-order valence-corrected chi connectivity index (χ0v) is 12.9. The minimum Gasteiger partial charge on any atom is -0.354 e. The fourth-order valence-corrected chi connectivity index (χ4v) is 2.33. The molecule has 2 N–H and O–H groups in total. The Balaban J connectivity index is 0.00000176. The highest BCUT2D eigenvalue weighted by atomic mass is 35.5. The predicted molar refractivity (Wildman–Crippen MR) is 88.1 cm³/mol. The van der Waals surface area contributed by atoms with Crippen LogP contribution < -0.4 is 15.5 Å². The van der Waals surface area contributed by atoms with Crippen molar-refractivity contribution in [2.24, 2.45) is 0 Å². The molecule has 1 saturated heterocycles. The number of nitrogens with one attached hydrogen (secondary N) is 2. The Labute approximate surface area is 135 Å². The lowest BCUT2D eigenvalue weighted by atomic mass is 10.2. The van der Waals surface area contributed by atoms with E-state index in [-0.39, 0.29) is 18.2 Å². The van der Waals surface area contributed by atoms with E-state index >= 15 is 0 Å². The minimum atomic E-state index is -0.232. The van der Waals surface area contributed by atoms with Gasteiger partial charge in [-0.2, -0.15) is 4.98 Å². The van der Waals surface area contributed by atoms with E-state index in [1.807, 2.05) is 12.1 Å². The number of rotatable bonds is 4. The first-order valence-corrected chi connectivity index (χ1v) is 7.08. The van der Waals surface area contributed by atoms with E-state index in [0.29, 0.717) is 12.5 Å². The van der Waals surface area contributed by atoms with Crippen molar-refractivity contribution in [3.63, 3.8) is 0 Å². The molecule has 1 aromatic heterocycles. The van der Waals surface area contributed by atoms with Crippen LogP contribution >= 0.6 is 12.4 Å². The smallest absolute Gasteiger partial charge is 0.224 e. The number of aromatic nitrogens is 2. The summed E-state index contributed by atoms with van der Waals surface area (Å²) >= 11 is 0. The van der Waals surface area contributed by atoms with E-state index < -0.39 is 0 Å². The van der Waals surface area contributed by atoms with Crippen LogP contribution in [0.1, 0.15) is 5.56 Å². The highest BCUT2D eigenvalue weighted by Gasteiger charge is 2.12. The molecule has 1 aliphatic rings. The van der Waals surface area contributed by atoms with Gasteiger partial charge in [-0.3, -0.25) is 0 Å². The summed E-state index contributed by atoms with van der Waals surface area (Å²) in [5.41, 5.74) is 0.867. The van der Waals surface area contributed by atoms with Gasteiger partial charge < -0.3 is 15.5 Å². The van der Waals surface area contributed by atoms with Crippen molar-refractivity contribution in [3.8, 4) is 0 Å². The average molecular weight is 324 g/mol. The van der Waals surface area contributed by atoms with Gasteiger partial charge in [-0.05, 0) is 23.8 Å². The summed E-state index contributed by atoms with van der Waals surface area (Å²) in [6.45, 7) is 4.33. The number of anilines is 2. The molecule has 0 saturated carbocycles. The molecule has 0 unspecified atom stereocenters. The zero-order valence-electron chi connectivity index (χ0n) is 12.1. The second kappa shape index (κ2) is 7.91. The monoisotopic (exact) mass is 323 g/mol. The molecule has 0 bridgehead atoms. The lowest BCUT2D eigenvalue weighted by molar-refractivity contribution is 0.584. The van der Waals surface area contributed by atoms with E-state index in [1.54, 1.807) is 12.3 Å². The second-order valence-corrected chi connectivity index (χ2v) is 4.96. The third kappa shape index (κ3) is 4.29. The van der Waals surface area contributed by atoms with Crippen molar-refractivity contribution in [2.45, 2.75) is 6.54 Å². The predicted octanol–water partition coefficient (Wildman–Crippen LogP) is 2.06. The largest absolute Gasteiger partial charge is 0.354 e. The van der Waals surface area contributed by atoms with Crippen LogP contribution in [0.3, 0.4) is 0 Å². The SMILES string of the molecule is Cl.Fc1cccc(CNc2nccc(N3CCNCC3)n2)c1. The maximum atomic E-state index is 13.1. The van der Waals surface area contributed by atoms with Gasteiger partial charge in [-0.15, -0.1) is 12.4 Å². The van der Waals surface area contributed by atoms with Crippen molar-refractivity contribution in [2.75, 3.05) is 36.4 Å². The van der Waals surface area contributed by atoms with Crippen molar-refractivity contribution >= 4 is 24.2 Å². The topological polar surface area (TPSA) is 53.1 Å². The summed E-state index contributed by atoms with van der Waals surface area (Å²) in [5, 5.41) is 6.45. The molecular formula is C15H19ClFN5. The first-order valence-electron chi connectivity index (χ1n) is 7.08. The zero-order chi connectivity index (χ0) is 14.5. The fraction of sp³-hybridized carbons (Fsp3) is 0.333. The maximum absolute atomic E-state index is 13.1. The third-order valence-electron chi connectivity index (χ3n) is 3.42. The van der Waals surface area contributed by atoms with E-state index in [0.717, 1.165) is 37.6 Å². The van der Waals surface area contributed by atoms with Crippen LogP contribution in [0, 0.1) is 5.82 Å². The number of halogens is 2. The molecule has 22 heavy (non-hydrogen) atoms. The first kappa shape index (κ1) is 16.5. The van der Waals surface area contributed by atoms with Crippen LogP contribution in [-0.4, -0.2) is 36.1 Å².